The number of aliphatic hydroxyl groups is 1. The molecule has 0 spiro atoms. The molecule has 0 fully saturated rings. The number of nitrogens with zero attached hydrogens (tertiary/aromatic N) is 2. The van der Waals surface area contributed by atoms with Gasteiger partial charge in [0.25, 0.3) is 0 Å². The van der Waals surface area contributed by atoms with E-state index in [0.717, 1.165) is 22.9 Å². The molecule has 30 heavy (non-hydrogen) atoms. The van der Waals surface area contributed by atoms with Crippen molar-refractivity contribution in [3.8, 4) is 6.07 Å². The Morgan fingerprint density at radius 1 is 1.30 bits per heavy atom. The van der Waals surface area contributed by atoms with Crippen LogP contribution in [0.25, 0.3) is 0 Å². The maximum Gasteiger partial charge on any atom is 0.407 e. The SMILES string of the molecule is Cn1cc(S(=O)(=O)NC(C)(C)C(F)(F)F)c(Cl)c1C(O)Nc1ccc(F)c(C#N)c1. The standard InChI is InChI=1S/C17H17ClF4N4O3S/c1-16(2,17(20,21)22)25-30(28,29)12-8-26(3)14(13(12)18)15(27)24-10-4-5-11(19)9(6-10)7-23/h4-6,8,15,24-25,27H,1-3H3. The van der Waals surface area contributed by atoms with Crippen LogP contribution in [-0.2, 0) is 17.1 Å². The molecule has 0 amide bonds. The highest BCUT2D eigenvalue weighted by atomic mass is 35.5. The molecule has 0 saturated carbocycles. The monoisotopic (exact) mass is 468 g/mol. The zero-order valence-electron chi connectivity index (χ0n) is 15.8. The van der Waals surface area contributed by atoms with Crippen molar-refractivity contribution < 1.29 is 31.1 Å². The van der Waals surface area contributed by atoms with Crippen LogP contribution in [0.15, 0.2) is 29.3 Å². The van der Waals surface area contributed by atoms with E-state index in [1.54, 1.807) is 10.8 Å². The van der Waals surface area contributed by atoms with E-state index in [9.17, 15) is 31.1 Å². The van der Waals surface area contributed by atoms with Gasteiger partial charge in [-0.1, -0.05) is 11.6 Å². The molecule has 0 aliphatic carbocycles. The minimum absolute atomic E-state index is 0.124. The van der Waals surface area contributed by atoms with E-state index in [4.69, 9.17) is 16.9 Å². The second-order valence-electron chi connectivity index (χ2n) is 6.89. The van der Waals surface area contributed by atoms with Gasteiger partial charge in [-0.05, 0) is 32.0 Å². The first-order valence-electron chi connectivity index (χ1n) is 8.20. The molecule has 1 unspecified atom stereocenters. The number of benzene rings is 1. The molecule has 1 aromatic carbocycles. The number of aliphatic hydroxyl groups excluding tert-OH is 1. The Kier molecular flexibility index (Phi) is 6.44. The van der Waals surface area contributed by atoms with Crippen LogP contribution in [0.2, 0.25) is 5.02 Å². The van der Waals surface area contributed by atoms with Gasteiger partial charge in [0.15, 0.2) is 6.23 Å². The number of anilines is 1. The smallest absolute Gasteiger partial charge is 0.368 e. The molecule has 0 radical (unpaired) electrons. The number of aryl methyl sites for hydroxylation is 1. The molecule has 0 saturated heterocycles. The lowest BCUT2D eigenvalue weighted by atomic mass is 10.1. The second-order valence-corrected chi connectivity index (χ2v) is 8.91. The highest BCUT2D eigenvalue weighted by Gasteiger charge is 2.50. The molecule has 2 aromatic rings. The zero-order valence-corrected chi connectivity index (χ0v) is 17.4. The predicted octanol–water partition coefficient (Wildman–Crippen LogP) is 3.41. The fourth-order valence-corrected chi connectivity index (χ4v) is 4.58. The lowest BCUT2D eigenvalue weighted by Gasteiger charge is -2.28. The molecule has 1 heterocycles. The van der Waals surface area contributed by atoms with Crippen LogP contribution in [0.4, 0.5) is 23.2 Å². The summed E-state index contributed by atoms with van der Waals surface area (Å²) in [4.78, 5) is -0.670. The highest BCUT2D eigenvalue weighted by Crippen LogP contribution is 2.35. The lowest BCUT2D eigenvalue weighted by Crippen LogP contribution is -2.54. The van der Waals surface area contributed by atoms with Crippen molar-refractivity contribution in [2.45, 2.75) is 36.7 Å². The summed E-state index contributed by atoms with van der Waals surface area (Å²) >= 11 is 6.07. The van der Waals surface area contributed by atoms with Crippen LogP contribution >= 0.6 is 11.6 Å². The lowest BCUT2D eigenvalue weighted by molar-refractivity contribution is -0.180. The minimum atomic E-state index is -4.87. The molecule has 2 rings (SSSR count). The van der Waals surface area contributed by atoms with Crippen molar-refractivity contribution in [3.05, 3.63) is 46.5 Å². The van der Waals surface area contributed by atoms with E-state index in [0.29, 0.717) is 13.8 Å². The van der Waals surface area contributed by atoms with Gasteiger partial charge < -0.3 is 15.0 Å². The Bertz CT molecular complexity index is 1110. The van der Waals surface area contributed by atoms with Gasteiger partial charge in [-0.25, -0.2) is 12.8 Å². The van der Waals surface area contributed by atoms with E-state index in [-0.39, 0.29) is 16.9 Å². The van der Waals surface area contributed by atoms with Gasteiger partial charge in [-0.2, -0.15) is 23.2 Å². The average Bonchev–Trinajstić information content (AvgIpc) is 2.90. The number of nitriles is 1. The summed E-state index contributed by atoms with van der Waals surface area (Å²) in [6.45, 7) is 1.31. The van der Waals surface area contributed by atoms with Crippen molar-refractivity contribution in [2.24, 2.45) is 7.05 Å². The molecule has 1 atom stereocenters. The molecule has 13 heteroatoms. The quantitative estimate of drug-likeness (QED) is 0.445. The van der Waals surface area contributed by atoms with Gasteiger partial charge in [0.05, 0.1) is 16.3 Å². The molecular formula is C17H17ClF4N4O3S. The third-order valence-corrected chi connectivity index (χ3v) is 6.35. The van der Waals surface area contributed by atoms with Crippen molar-refractivity contribution in [1.82, 2.24) is 9.29 Å². The summed E-state index contributed by atoms with van der Waals surface area (Å²) in [6, 6.07) is 4.94. The Hall–Kier alpha value is -2.33. The maximum atomic E-state index is 13.4. The maximum absolute atomic E-state index is 13.4. The summed E-state index contributed by atoms with van der Waals surface area (Å²) in [6.07, 6.45) is -5.55. The minimum Gasteiger partial charge on any atom is -0.368 e. The molecule has 1 aromatic heterocycles. The predicted molar refractivity (Wildman–Crippen MR) is 101 cm³/mol. The normalized spacial score (nSPS) is 13.7. The largest absolute Gasteiger partial charge is 0.407 e. The summed E-state index contributed by atoms with van der Waals surface area (Å²) in [7, 11) is -3.39. The third-order valence-electron chi connectivity index (χ3n) is 4.17. The molecule has 0 aliphatic rings. The summed E-state index contributed by atoms with van der Waals surface area (Å²) < 4.78 is 80.3. The van der Waals surface area contributed by atoms with Crippen LogP contribution in [0.1, 0.15) is 31.3 Å². The van der Waals surface area contributed by atoms with E-state index in [2.05, 4.69) is 5.32 Å². The Labute approximate surface area is 174 Å². The van der Waals surface area contributed by atoms with Crippen molar-refractivity contribution in [1.29, 1.82) is 5.26 Å². The van der Waals surface area contributed by atoms with Crippen molar-refractivity contribution in [3.63, 3.8) is 0 Å². The Morgan fingerprint density at radius 2 is 1.90 bits per heavy atom. The molecule has 0 aliphatic heterocycles. The molecule has 164 valence electrons. The zero-order chi connectivity index (χ0) is 23.1. The first-order chi connectivity index (χ1) is 13.6. The van der Waals surface area contributed by atoms with Crippen molar-refractivity contribution >= 4 is 27.3 Å². The van der Waals surface area contributed by atoms with Crippen LogP contribution in [-0.4, -0.2) is 29.8 Å². The first kappa shape index (κ1) is 23.9. The van der Waals surface area contributed by atoms with Crippen LogP contribution < -0.4 is 10.0 Å². The number of nitrogens with one attached hydrogen (secondary N) is 2. The van der Waals surface area contributed by atoms with E-state index < -0.39 is 43.7 Å². The summed E-state index contributed by atoms with van der Waals surface area (Å²) in [5, 5.41) is 21.3. The number of halogens is 5. The number of hydrogen-bond donors (Lipinski definition) is 3. The molecular weight excluding hydrogens is 452 g/mol. The molecule has 3 N–H and O–H groups in total. The molecule has 0 bridgehead atoms. The molecule has 7 nitrogen and oxygen atoms in total. The number of alkyl halides is 3. The van der Waals surface area contributed by atoms with Crippen molar-refractivity contribution in [2.75, 3.05) is 5.32 Å². The number of rotatable bonds is 6. The van der Waals surface area contributed by atoms with Gasteiger partial charge >= 0.3 is 6.18 Å². The topological polar surface area (TPSA) is 107 Å². The van der Waals surface area contributed by atoms with Gasteiger partial charge in [0.2, 0.25) is 10.0 Å². The fraction of sp³-hybridized carbons (Fsp3) is 0.353. The average molecular weight is 469 g/mol. The summed E-state index contributed by atoms with van der Waals surface area (Å²) in [5.41, 5.74) is -3.13. The number of hydrogen-bond acceptors (Lipinski definition) is 5. The van der Waals surface area contributed by atoms with Crippen LogP contribution in [0, 0.1) is 17.1 Å². The number of aromatic nitrogens is 1. The van der Waals surface area contributed by atoms with E-state index in [1.165, 1.54) is 13.1 Å². The van der Waals surface area contributed by atoms with Crippen LogP contribution in [0.3, 0.4) is 0 Å². The van der Waals surface area contributed by atoms with Gasteiger partial charge in [0.1, 0.15) is 22.3 Å². The van der Waals surface area contributed by atoms with E-state index >= 15 is 0 Å². The third kappa shape index (κ3) is 4.70. The Morgan fingerprint density at radius 3 is 2.43 bits per heavy atom. The van der Waals surface area contributed by atoms with Gasteiger partial charge in [-0.3, -0.25) is 0 Å². The second kappa shape index (κ2) is 8.07. The Balaban J connectivity index is 2.38. The first-order valence-corrected chi connectivity index (χ1v) is 10.1. The van der Waals surface area contributed by atoms with E-state index in [1.807, 2.05) is 0 Å². The number of sulfonamides is 1. The van der Waals surface area contributed by atoms with Gasteiger partial charge in [-0.15, -0.1) is 0 Å². The summed E-state index contributed by atoms with van der Waals surface area (Å²) in [5.74, 6) is -0.777. The van der Waals surface area contributed by atoms with Gasteiger partial charge in [0, 0.05) is 18.9 Å². The van der Waals surface area contributed by atoms with Crippen LogP contribution in [0.5, 0.6) is 0 Å². The highest BCUT2D eigenvalue weighted by molar-refractivity contribution is 7.89. The fourth-order valence-electron chi connectivity index (χ4n) is 2.46.